The van der Waals surface area contributed by atoms with Gasteiger partial charge in [-0.05, 0) is 81.4 Å². The molecule has 2 fully saturated rings. The molecular formula is C32H39N2+. The Balaban J connectivity index is 1.73. The summed E-state index contributed by atoms with van der Waals surface area (Å²) in [5.41, 5.74) is 9.75. The van der Waals surface area contributed by atoms with Crippen LogP contribution in [0.2, 0.25) is 0 Å². The van der Waals surface area contributed by atoms with Crippen molar-refractivity contribution in [2.45, 2.75) is 84.6 Å². The van der Waals surface area contributed by atoms with Gasteiger partial charge >= 0.3 is 0 Å². The van der Waals surface area contributed by atoms with Crippen LogP contribution in [-0.2, 0) is 5.54 Å². The molecule has 2 heterocycles. The van der Waals surface area contributed by atoms with E-state index in [2.05, 4.69) is 91.4 Å². The van der Waals surface area contributed by atoms with Gasteiger partial charge in [0.2, 0.25) is 0 Å². The molecule has 0 N–H and O–H groups in total. The maximum Gasteiger partial charge on any atom is 0.296 e. The van der Waals surface area contributed by atoms with Gasteiger partial charge in [0.1, 0.15) is 11.2 Å². The molecule has 2 heteroatoms. The fraction of sp³-hybridized carbons (Fsp3) is 0.469. The molecule has 3 aromatic rings. The zero-order valence-electron chi connectivity index (χ0n) is 21.4. The van der Waals surface area contributed by atoms with Gasteiger partial charge in [0.15, 0.2) is 11.4 Å². The number of imidazole rings is 1. The Hall–Kier alpha value is -2.61. The highest BCUT2D eigenvalue weighted by molar-refractivity contribution is 5.68. The van der Waals surface area contributed by atoms with E-state index in [9.17, 15) is 0 Å². The maximum atomic E-state index is 2.86. The normalized spacial score (nSPS) is 19.9. The summed E-state index contributed by atoms with van der Waals surface area (Å²) in [6.45, 7) is 9.21. The van der Waals surface area contributed by atoms with Gasteiger partial charge in [-0.2, -0.15) is 4.57 Å². The first-order valence-electron chi connectivity index (χ1n) is 13.5. The average Bonchev–Trinajstić information content (AvgIpc) is 3.62. The van der Waals surface area contributed by atoms with Crippen LogP contribution in [0.1, 0.15) is 79.4 Å². The fourth-order valence-corrected chi connectivity index (χ4v) is 7.77. The maximum absolute atomic E-state index is 2.86. The molecule has 3 aliphatic rings. The largest absolute Gasteiger partial charge is 0.296 e. The molecule has 2 saturated carbocycles. The molecule has 0 amide bonds. The zero-order chi connectivity index (χ0) is 23.4. The zero-order valence-corrected chi connectivity index (χ0v) is 21.4. The molecule has 0 spiro atoms. The van der Waals surface area contributed by atoms with Crippen molar-refractivity contribution in [3.05, 3.63) is 76.6 Å². The quantitative estimate of drug-likeness (QED) is 0.358. The Labute approximate surface area is 205 Å². The molecule has 0 saturated heterocycles. The van der Waals surface area contributed by atoms with Crippen molar-refractivity contribution in [2.24, 2.45) is 11.8 Å². The van der Waals surface area contributed by atoms with Gasteiger partial charge in [-0.25, -0.2) is 4.57 Å². The van der Waals surface area contributed by atoms with Crippen LogP contribution < -0.4 is 4.57 Å². The van der Waals surface area contributed by atoms with Crippen LogP contribution in [-0.4, -0.2) is 4.57 Å². The lowest BCUT2D eigenvalue weighted by atomic mass is 9.72. The molecule has 0 radical (unpaired) electrons. The molecule has 2 aliphatic carbocycles. The highest BCUT2D eigenvalue weighted by Crippen LogP contribution is 2.51. The minimum atomic E-state index is 0.116. The van der Waals surface area contributed by atoms with Gasteiger partial charge in [0.25, 0.3) is 5.82 Å². The lowest BCUT2D eigenvalue weighted by Gasteiger charge is -2.38. The first-order chi connectivity index (χ1) is 16.5. The molecule has 6 rings (SSSR count). The third-order valence-corrected chi connectivity index (χ3v) is 9.35. The number of hydrogen-bond donors (Lipinski definition) is 0. The van der Waals surface area contributed by atoms with Crippen LogP contribution in [0.15, 0.2) is 48.5 Å². The molecule has 1 aromatic heterocycles. The molecular weight excluding hydrogens is 412 g/mol. The number of rotatable bonds is 4. The van der Waals surface area contributed by atoms with Gasteiger partial charge < -0.3 is 0 Å². The average molecular weight is 452 g/mol. The van der Waals surface area contributed by atoms with Crippen molar-refractivity contribution < 1.29 is 4.57 Å². The summed E-state index contributed by atoms with van der Waals surface area (Å²) in [6.07, 6.45) is 16.2. The van der Waals surface area contributed by atoms with Crippen molar-refractivity contribution in [3.63, 3.8) is 0 Å². The smallest absolute Gasteiger partial charge is 0.213 e. The number of aryl methyl sites for hydroxylation is 3. The van der Waals surface area contributed by atoms with Crippen molar-refractivity contribution in [2.75, 3.05) is 0 Å². The number of nitrogens with zero attached hydrogens (tertiary/aromatic N) is 2. The summed E-state index contributed by atoms with van der Waals surface area (Å²) in [5, 5.41) is 0. The Morgan fingerprint density at radius 1 is 0.735 bits per heavy atom. The molecule has 0 unspecified atom stereocenters. The first kappa shape index (κ1) is 21.9. The standard InChI is InChI=1S/C32H39N2/c1-22-12-5-10-19-28(22)33-25(4)29-20-21-32(26-15-6-7-16-26,27-17-8-9-18-27)34(29)31(33)30-23(2)13-11-14-24(30)3/h5,10-14,19-21,26-27H,6-9,15-18H2,1-4H3/q+1. The fourth-order valence-electron chi connectivity index (χ4n) is 7.77. The summed E-state index contributed by atoms with van der Waals surface area (Å²) in [6, 6.07) is 15.7. The van der Waals surface area contributed by atoms with Crippen molar-refractivity contribution >= 4 is 6.08 Å². The van der Waals surface area contributed by atoms with Crippen molar-refractivity contribution in [1.29, 1.82) is 0 Å². The second kappa shape index (κ2) is 8.26. The molecule has 1 aliphatic heterocycles. The summed E-state index contributed by atoms with van der Waals surface area (Å²) in [4.78, 5) is 0. The number of benzene rings is 2. The van der Waals surface area contributed by atoms with E-state index in [4.69, 9.17) is 0 Å². The van der Waals surface area contributed by atoms with E-state index >= 15 is 0 Å². The number of allylic oxidation sites excluding steroid dienone is 1. The van der Waals surface area contributed by atoms with E-state index in [-0.39, 0.29) is 5.54 Å². The summed E-state index contributed by atoms with van der Waals surface area (Å²) in [5.74, 6) is 2.89. The lowest BCUT2D eigenvalue weighted by Crippen LogP contribution is -2.62. The lowest BCUT2D eigenvalue weighted by molar-refractivity contribution is -0.755. The van der Waals surface area contributed by atoms with Crippen molar-refractivity contribution in [3.8, 4) is 17.1 Å². The second-order valence-electron chi connectivity index (χ2n) is 11.2. The molecule has 0 bridgehead atoms. The summed E-state index contributed by atoms with van der Waals surface area (Å²) in [7, 11) is 0. The van der Waals surface area contributed by atoms with E-state index in [1.54, 1.807) is 0 Å². The predicted octanol–water partition coefficient (Wildman–Crippen LogP) is 7.77. The summed E-state index contributed by atoms with van der Waals surface area (Å²) >= 11 is 0. The van der Waals surface area contributed by atoms with Gasteiger partial charge in [0, 0.05) is 18.8 Å². The predicted molar refractivity (Wildman–Crippen MR) is 141 cm³/mol. The number of fused-ring (bicyclic) bond motifs is 1. The third kappa shape index (κ3) is 3.03. The van der Waals surface area contributed by atoms with E-state index in [1.807, 2.05) is 0 Å². The van der Waals surface area contributed by atoms with Crippen LogP contribution in [0.4, 0.5) is 0 Å². The van der Waals surface area contributed by atoms with Gasteiger partial charge in [-0.15, -0.1) is 0 Å². The Bertz CT molecular complexity index is 1230. The number of para-hydroxylation sites is 1. The molecule has 34 heavy (non-hydrogen) atoms. The Morgan fingerprint density at radius 3 is 1.88 bits per heavy atom. The minimum Gasteiger partial charge on any atom is -0.213 e. The first-order valence-corrected chi connectivity index (χ1v) is 13.5. The molecule has 2 nitrogen and oxygen atoms in total. The monoisotopic (exact) mass is 451 g/mol. The van der Waals surface area contributed by atoms with E-state index < -0.39 is 0 Å². The minimum absolute atomic E-state index is 0.116. The SMILES string of the molecule is Cc1ccccc1-n1c(C)c2[n+](c1-c1c(C)cccc1C)C(C1CCCC1)(C1CCCC1)C=C2. The van der Waals surface area contributed by atoms with Crippen LogP contribution in [0.25, 0.3) is 23.2 Å². The number of hydrogen-bond acceptors (Lipinski definition) is 0. The molecule has 176 valence electrons. The Morgan fingerprint density at radius 2 is 1.29 bits per heavy atom. The third-order valence-electron chi connectivity index (χ3n) is 9.35. The van der Waals surface area contributed by atoms with Crippen molar-refractivity contribution in [1.82, 2.24) is 4.57 Å². The van der Waals surface area contributed by atoms with Crippen LogP contribution in [0, 0.1) is 39.5 Å². The van der Waals surface area contributed by atoms with E-state index in [1.165, 1.54) is 96.5 Å². The van der Waals surface area contributed by atoms with E-state index in [0.717, 1.165) is 11.8 Å². The summed E-state index contributed by atoms with van der Waals surface area (Å²) < 4.78 is 5.46. The highest BCUT2D eigenvalue weighted by Gasteiger charge is 2.56. The van der Waals surface area contributed by atoms with Crippen LogP contribution in [0.3, 0.4) is 0 Å². The second-order valence-corrected chi connectivity index (χ2v) is 11.2. The Kier molecular flexibility index (Phi) is 5.32. The molecule has 2 aromatic carbocycles. The topological polar surface area (TPSA) is 8.81 Å². The van der Waals surface area contributed by atoms with Gasteiger partial charge in [-0.3, -0.25) is 0 Å². The van der Waals surface area contributed by atoms with Gasteiger partial charge in [-0.1, -0.05) is 62.1 Å². The van der Waals surface area contributed by atoms with Gasteiger partial charge in [0.05, 0.1) is 5.56 Å². The molecule has 0 atom stereocenters. The number of aromatic nitrogens is 2. The van der Waals surface area contributed by atoms with Crippen LogP contribution in [0.5, 0.6) is 0 Å². The van der Waals surface area contributed by atoms with Crippen LogP contribution >= 0.6 is 0 Å². The van der Waals surface area contributed by atoms with E-state index in [0.29, 0.717) is 0 Å². The highest BCUT2D eigenvalue weighted by atomic mass is 15.2.